The number of hydrogen-bond donors (Lipinski definition) is 3. The number of aliphatic carboxylic acids is 1. The molecule has 2 aromatic carbocycles. The highest BCUT2D eigenvalue weighted by atomic mass is 32.2. The van der Waals surface area contributed by atoms with Crippen molar-refractivity contribution in [2.24, 2.45) is 0 Å². The molecule has 0 radical (unpaired) electrons. The number of carbonyl (C=O) groups excluding carboxylic acids is 2. The average molecular weight is 483 g/mol. The molecule has 3 N–H and O–H groups in total. The predicted molar refractivity (Wildman–Crippen MR) is 132 cm³/mol. The summed E-state index contributed by atoms with van der Waals surface area (Å²) in [4.78, 5) is 36.6. The largest absolute Gasteiger partial charge is 0.481 e. The van der Waals surface area contributed by atoms with E-state index >= 15 is 0 Å². The standard InChI is InChI=1S/C26H30N2O5S/c1-34-17-11-10-16(14-17)27-25(31)23(12-13-24(29)30)28-26(32)33-15-22-20-8-4-2-6-18(20)19-7-3-5-9-21(19)22/h2-9,16-17,22-23H,10-15H2,1H3,(H,27,31)(H,28,32)(H,29,30). The summed E-state index contributed by atoms with van der Waals surface area (Å²) in [6.45, 7) is 0.130. The number of nitrogens with one attached hydrogen (secondary N) is 2. The second-order valence-electron chi connectivity index (χ2n) is 8.83. The molecule has 8 heteroatoms. The lowest BCUT2D eigenvalue weighted by molar-refractivity contribution is -0.137. The monoisotopic (exact) mass is 482 g/mol. The van der Waals surface area contributed by atoms with E-state index in [4.69, 9.17) is 9.84 Å². The molecule has 7 nitrogen and oxygen atoms in total. The van der Waals surface area contributed by atoms with Crippen LogP contribution in [-0.4, -0.2) is 53.3 Å². The molecular weight excluding hydrogens is 452 g/mol. The molecule has 3 atom stereocenters. The van der Waals surface area contributed by atoms with Gasteiger partial charge < -0.3 is 20.5 Å². The number of amides is 2. The highest BCUT2D eigenvalue weighted by Crippen LogP contribution is 2.44. The first-order valence-corrected chi connectivity index (χ1v) is 12.9. The number of hydrogen-bond acceptors (Lipinski definition) is 5. The molecule has 2 amide bonds. The van der Waals surface area contributed by atoms with Gasteiger partial charge in [0.1, 0.15) is 12.6 Å². The summed E-state index contributed by atoms with van der Waals surface area (Å²) in [5.41, 5.74) is 4.46. The van der Waals surface area contributed by atoms with Crippen molar-refractivity contribution in [2.75, 3.05) is 12.9 Å². The molecule has 3 unspecified atom stereocenters. The Morgan fingerprint density at radius 3 is 2.29 bits per heavy atom. The molecule has 2 aliphatic carbocycles. The summed E-state index contributed by atoms with van der Waals surface area (Å²) in [7, 11) is 0. The van der Waals surface area contributed by atoms with Crippen LogP contribution in [0.3, 0.4) is 0 Å². The van der Waals surface area contributed by atoms with Crippen molar-refractivity contribution in [1.82, 2.24) is 10.6 Å². The van der Waals surface area contributed by atoms with E-state index in [-0.39, 0.29) is 37.3 Å². The van der Waals surface area contributed by atoms with Gasteiger partial charge >= 0.3 is 12.1 Å². The van der Waals surface area contributed by atoms with Gasteiger partial charge in [0, 0.05) is 23.6 Å². The first-order chi connectivity index (χ1) is 16.5. The van der Waals surface area contributed by atoms with E-state index in [2.05, 4.69) is 29.0 Å². The second-order valence-corrected chi connectivity index (χ2v) is 9.97. The number of carbonyl (C=O) groups is 3. The van der Waals surface area contributed by atoms with E-state index in [1.54, 1.807) is 11.8 Å². The Morgan fingerprint density at radius 1 is 1.06 bits per heavy atom. The Balaban J connectivity index is 1.38. The molecule has 2 aliphatic rings. The van der Waals surface area contributed by atoms with Gasteiger partial charge in [0.25, 0.3) is 0 Å². The lowest BCUT2D eigenvalue weighted by Crippen LogP contribution is -2.49. The molecule has 0 heterocycles. The molecule has 0 saturated heterocycles. The van der Waals surface area contributed by atoms with Crippen LogP contribution in [0, 0.1) is 0 Å². The zero-order valence-electron chi connectivity index (χ0n) is 19.2. The maximum absolute atomic E-state index is 12.8. The Hall–Kier alpha value is -3.00. The van der Waals surface area contributed by atoms with Crippen molar-refractivity contribution in [3.05, 3.63) is 59.7 Å². The molecule has 0 bridgehead atoms. The fraction of sp³-hybridized carbons (Fsp3) is 0.423. The van der Waals surface area contributed by atoms with E-state index in [1.807, 2.05) is 36.4 Å². The number of ether oxygens (including phenoxy) is 1. The van der Waals surface area contributed by atoms with Gasteiger partial charge in [0.2, 0.25) is 5.91 Å². The van der Waals surface area contributed by atoms with Gasteiger partial charge in [-0.05, 0) is 54.2 Å². The number of thioether (sulfide) groups is 1. The number of benzene rings is 2. The lowest BCUT2D eigenvalue weighted by atomic mass is 9.98. The first-order valence-electron chi connectivity index (χ1n) is 11.6. The molecule has 180 valence electrons. The molecule has 0 aliphatic heterocycles. The number of rotatable bonds is 9. The smallest absolute Gasteiger partial charge is 0.407 e. The van der Waals surface area contributed by atoms with E-state index in [0.29, 0.717) is 5.25 Å². The van der Waals surface area contributed by atoms with Gasteiger partial charge in [-0.15, -0.1) is 0 Å². The molecule has 4 rings (SSSR count). The highest BCUT2D eigenvalue weighted by molar-refractivity contribution is 7.99. The van der Waals surface area contributed by atoms with E-state index < -0.39 is 18.1 Å². The van der Waals surface area contributed by atoms with Crippen LogP contribution < -0.4 is 10.6 Å². The number of alkyl carbamates (subject to hydrolysis) is 1. The molecule has 1 fully saturated rings. The van der Waals surface area contributed by atoms with Gasteiger partial charge in [-0.3, -0.25) is 9.59 Å². The first kappa shape index (κ1) is 24.1. The molecule has 2 aromatic rings. The van der Waals surface area contributed by atoms with Crippen LogP contribution in [0.1, 0.15) is 49.1 Å². The molecule has 1 saturated carbocycles. The minimum absolute atomic E-state index is 0.00401. The van der Waals surface area contributed by atoms with Crippen LogP contribution in [0.5, 0.6) is 0 Å². The summed E-state index contributed by atoms with van der Waals surface area (Å²) in [6.07, 6.45) is 3.91. The van der Waals surface area contributed by atoms with Crippen molar-refractivity contribution in [1.29, 1.82) is 0 Å². The third-order valence-electron chi connectivity index (χ3n) is 6.66. The summed E-state index contributed by atoms with van der Waals surface area (Å²) in [5.74, 6) is -1.47. The fourth-order valence-electron chi connectivity index (χ4n) is 4.91. The SMILES string of the molecule is CSC1CCC(NC(=O)C(CCC(=O)O)NC(=O)OCC2c3ccccc3-c3ccccc32)C1. The van der Waals surface area contributed by atoms with Crippen molar-refractivity contribution in [3.8, 4) is 11.1 Å². The Labute approximate surface area is 203 Å². The number of fused-ring (bicyclic) bond motifs is 3. The van der Waals surface area contributed by atoms with Crippen LogP contribution in [0.15, 0.2) is 48.5 Å². The summed E-state index contributed by atoms with van der Waals surface area (Å²) in [5, 5.41) is 15.2. The molecular formula is C26H30N2O5S. The van der Waals surface area contributed by atoms with Crippen molar-refractivity contribution < 1.29 is 24.2 Å². The van der Waals surface area contributed by atoms with Gasteiger partial charge in [-0.25, -0.2) is 4.79 Å². The number of carboxylic acids is 1. The second kappa shape index (κ2) is 11.0. The highest BCUT2D eigenvalue weighted by Gasteiger charge is 2.31. The molecule has 0 spiro atoms. The van der Waals surface area contributed by atoms with Crippen molar-refractivity contribution in [3.63, 3.8) is 0 Å². The third kappa shape index (κ3) is 5.55. The van der Waals surface area contributed by atoms with E-state index in [9.17, 15) is 14.4 Å². The topological polar surface area (TPSA) is 105 Å². The zero-order valence-corrected chi connectivity index (χ0v) is 20.0. The van der Waals surface area contributed by atoms with Gasteiger partial charge in [-0.2, -0.15) is 11.8 Å². The van der Waals surface area contributed by atoms with Crippen LogP contribution in [0.4, 0.5) is 4.79 Å². The van der Waals surface area contributed by atoms with Gasteiger partial charge in [0.05, 0.1) is 0 Å². The van der Waals surface area contributed by atoms with E-state index in [0.717, 1.165) is 41.5 Å². The Morgan fingerprint density at radius 2 is 1.71 bits per heavy atom. The van der Waals surface area contributed by atoms with Crippen molar-refractivity contribution in [2.45, 2.75) is 55.4 Å². The van der Waals surface area contributed by atoms with Crippen LogP contribution in [0.25, 0.3) is 11.1 Å². The summed E-state index contributed by atoms with van der Waals surface area (Å²) < 4.78 is 5.55. The van der Waals surface area contributed by atoms with Gasteiger partial charge in [0.15, 0.2) is 0 Å². The lowest BCUT2D eigenvalue weighted by Gasteiger charge is -2.21. The minimum Gasteiger partial charge on any atom is -0.481 e. The summed E-state index contributed by atoms with van der Waals surface area (Å²) in [6, 6.07) is 15.2. The van der Waals surface area contributed by atoms with Crippen LogP contribution in [0.2, 0.25) is 0 Å². The summed E-state index contributed by atoms with van der Waals surface area (Å²) >= 11 is 1.79. The van der Waals surface area contributed by atoms with Gasteiger partial charge in [-0.1, -0.05) is 48.5 Å². The average Bonchev–Trinajstić information content (AvgIpc) is 3.42. The molecule has 34 heavy (non-hydrogen) atoms. The quantitative estimate of drug-likeness (QED) is 0.496. The normalized spacial score (nSPS) is 19.7. The number of carboxylic acid groups (broad SMARTS) is 1. The predicted octanol–water partition coefficient (Wildman–Crippen LogP) is 4.16. The minimum atomic E-state index is -1.02. The maximum Gasteiger partial charge on any atom is 0.407 e. The van der Waals surface area contributed by atoms with Crippen molar-refractivity contribution >= 4 is 29.7 Å². The Bertz CT molecular complexity index is 1010. The molecule has 0 aromatic heterocycles. The fourth-order valence-corrected chi connectivity index (χ4v) is 5.70. The Kier molecular flexibility index (Phi) is 7.77. The van der Waals surface area contributed by atoms with E-state index in [1.165, 1.54) is 0 Å². The van der Waals surface area contributed by atoms with Crippen LogP contribution in [-0.2, 0) is 14.3 Å². The van der Waals surface area contributed by atoms with Crippen LogP contribution >= 0.6 is 11.8 Å². The third-order valence-corrected chi connectivity index (χ3v) is 7.76. The maximum atomic E-state index is 12.8. The zero-order chi connectivity index (χ0) is 24.1.